The fraction of sp³-hybridized carbons (Fsp3) is 0.100. The molecule has 1 aromatic carbocycles. The van der Waals surface area contributed by atoms with Crippen LogP contribution in [0.1, 0.15) is 10.4 Å². The highest BCUT2D eigenvalue weighted by atomic mass is 127. The van der Waals surface area contributed by atoms with Crippen LogP contribution in [0.15, 0.2) is 29.8 Å². The molecule has 0 radical (unpaired) electrons. The molecule has 0 aliphatic heterocycles. The number of carbonyl (C=O) groups is 1. The van der Waals surface area contributed by atoms with E-state index in [9.17, 15) is 14.9 Å². The molecule has 1 rings (SSSR count). The Morgan fingerprint density at radius 1 is 1.59 bits per heavy atom. The van der Waals surface area contributed by atoms with Gasteiger partial charge in [-0.1, -0.05) is 18.2 Å². The Morgan fingerprint density at radius 2 is 2.24 bits per heavy atom. The van der Waals surface area contributed by atoms with Gasteiger partial charge in [0.1, 0.15) is 0 Å². The molecule has 0 aliphatic rings. The van der Waals surface area contributed by atoms with Gasteiger partial charge in [0, 0.05) is 20.7 Å². The summed E-state index contributed by atoms with van der Waals surface area (Å²) < 4.78 is 0.630. The van der Waals surface area contributed by atoms with Crippen LogP contribution in [0.5, 0.6) is 0 Å². The number of benzene rings is 1. The summed E-state index contributed by atoms with van der Waals surface area (Å²) in [5.41, 5.74) is 0.123. The predicted octanol–water partition coefficient (Wildman–Crippen LogP) is 2.68. The van der Waals surface area contributed by atoms with Gasteiger partial charge in [-0.3, -0.25) is 14.9 Å². The lowest BCUT2D eigenvalue weighted by Gasteiger charge is -2.05. The van der Waals surface area contributed by atoms with Crippen molar-refractivity contribution in [3.8, 4) is 0 Å². The molecule has 7 heteroatoms. The number of nitrogens with one attached hydrogen (secondary N) is 1. The third-order valence-electron chi connectivity index (χ3n) is 1.85. The van der Waals surface area contributed by atoms with Crippen molar-refractivity contribution in [2.75, 3.05) is 6.54 Å². The van der Waals surface area contributed by atoms with Crippen LogP contribution < -0.4 is 5.32 Å². The number of nitro groups is 1. The predicted molar refractivity (Wildman–Crippen MR) is 73.1 cm³/mol. The van der Waals surface area contributed by atoms with Crippen molar-refractivity contribution in [3.05, 3.63) is 49.1 Å². The Kier molecular flexibility index (Phi) is 4.88. The van der Waals surface area contributed by atoms with E-state index in [1.807, 2.05) is 22.6 Å². The second kappa shape index (κ2) is 5.97. The molecule has 1 amide bonds. The Labute approximate surface area is 116 Å². The van der Waals surface area contributed by atoms with Gasteiger partial charge >= 0.3 is 0 Å². The summed E-state index contributed by atoms with van der Waals surface area (Å²) in [5.74, 6) is -0.417. The standard InChI is InChI=1S/C10H8ClIN2O3/c1-6(11)5-13-10(15)8-4-7(14(16)17)2-3-9(8)12/h2-4H,1,5H2,(H,13,15). The Morgan fingerprint density at radius 3 is 2.76 bits per heavy atom. The first-order chi connectivity index (χ1) is 7.91. The molecule has 0 aromatic heterocycles. The maximum Gasteiger partial charge on any atom is 0.270 e. The number of nitro benzene ring substituents is 1. The first kappa shape index (κ1) is 13.9. The minimum Gasteiger partial charge on any atom is -0.347 e. The fourth-order valence-corrected chi connectivity index (χ4v) is 1.72. The molecule has 0 unspecified atom stereocenters. The van der Waals surface area contributed by atoms with Gasteiger partial charge in [-0.05, 0) is 28.7 Å². The Bertz CT molecular complexity index is 490. The minimum absolute atomic E-state index is 0.124. The van der Waals surface area contributed by atoms with Gasteiger partial charge in [-0.25, -0.2) is 0 Å². The van der Waals surface area contributed by atoms with E-state index < -0.39 is 10.8 Å². The van der Waals surface area contributed by atoms with E-state index >= 15 is 0 Å². The average molecular weight is 367 g/mol. The highest BCUT2D eigenvalue weighted by Crippen LogP contribution is 2.19. The third-order valence-corrected chi connectivity index (χ3v) is 2.92. The van der Waals surface area contributed by atoms with Crippen molar-refractivity contribution in [3.63, 3.8) is 0 Å². The van der Waals surface area contributed by atoms with Gasteiger partial charge < -0.3 is 5.32 Å². The van der Waals surface area contributed by atoms with Gasteiger partial charge in [0.25, 0.3) is 11.6 Å². The molecule has 5 nitrogen and oxygen atoms in total. The van der Waals surface area contributed by atoms with E-state index in [0.717, 1.165) is 0 Å². The number of rotatable bonds is 4. The lowest BCUT2D eigenvalue weighted by molar-refractivity contribution is -0.384. The molecule has 0 bridgehead atoms. The molecule has 0 heterocycles. The highest BCUT2D eigenvalue weighted by Gasteiger charge is 2.15. The van der Waals surface area contributed by atoms with Crippen molar-refractivity contribution < 1.29 is 9.72 Å². The van der Waals surface area contributed by atoms with Gasteiger partial charge in [0.05, 0.1) is 17.0 Å². The van der Waals surface area contributed by atoms with E-state index in [0.29, 0.717) is 8.60 Å². The van der Waals surface area contributed by atoms with Gasteiger partial charge in [-0.2, -0.15) is 0 Å². The fourth-order valence-electron chi connectivity index (χ4n) is 1.07. The number of halogens is 2. The van der Waals surface area contributed by atoms with Crippen LogP contribution in [0.2, 0.25) is 0 Å². The van der Waals surface area contributed by atoms with E-state index in [-0.39, 0.29) is 17.8 Å². The summed E-state index contributed by atoms with van der Waals surface area (Å²) in [6.45, 7) is 3.55. The van der Waals surface area contributed by atoms with Gasteiger partial charge in [0.2, 0.25) is 0 Å². The SMILES string of the molecule is C=C(Cl)CNC(=O)c1cc([N+](=O)[O-])ccc1I. The van der Waals surface area contributed by atoms with E-state index in [4.69, 9.17) is 11.6 Å². The third kappa shape index (κ3) is 3.97. The van der Waals surface area contributed by atoms with Crippen LogP contribution in [0.4, 0.5) is 5.69 Å². The highest BCUT2D eigenvalue weighted by molar-refractivity contribution is 14.1. The lowest BCUT2D eigenvalue weighted by atomic mass is 10.2. The lowest BCUT2D eigenvalue weighted by Crippen LogP contribution is -2.25. The molecule has 1 N–H and O–H groups in total. The zero-order valence-corrected chi connectivity index (χ0v) is 11.5. The number of hydrogen-bond donors (Lipinski definition) is 1. The van der Waals surface area contributed by atoms with Crippen molar-refractivity contribution in [1.29, 1.82) is 0 Å². The molecule has 0 fully saturated rings. The summed E-state index contributed by atoms with van der Waals surface area (Å²) in [6, 6.07) is 4.09. The molecule has 0 spiro atoms. The summed E-state index contributed by atoms with van der Waals surface area (Å²) >= 11 is 7.45. The smallest absolute Gasteiger partial charge is 0.270 e. The topological polar surface area (TPSA) is 72.2 Å². The number of amides is 1. The normalized spacial score (nSPS) is 9.76. The van der Waals surface area contributed by atoms with Crippen molar-refractivity contribution in [2.24, 2.45) is 0 Å². The molecule has 17 heavy (non-hydrogen) atoms. The molecule has 0 aliphatic carbocycles. The van der Waals surface area contributed by atoms with E-state index in [1.165, 1.54) is 18.2 Å². The second-order valence-electron chi connectivity index (χ2n) is 3.12. The molecule has 0 saturated heterocycles. The van der Waals surface area contributed by atoms with Crippen molar-refractivity contribution >= 4 is 45.8 Å². The molecule has 0 saturated carbocycles. The van der Waals surface area contributed by atoms with E-state index in [1.54, 1.807) is 0 Å². The van der Waals surface area contributed by atoms with Crippen LogP contribution in [-0.2, 0) is 0 Å². The number of nitrogens with zero attached hydrogens (tertiary/aromatic N) is 1. The first-order valence-electron chi connectivity index (χ1n) is 4.47. The summed E-state index contributed by atoms with van der Waals surface area (Å²) in [4.78, 5) is 21.7. The zero-order valence-electron chi connectivity index (χ0n) is 8.57. The summed E-state index contributed by atoms with van der Waals surface area (Å²) in [5, 5.41) is 13.4. The van der Waals surface area contributed by atoms with Crippen LogP contribution in [-0.4, -0.2) is 17.4 Å². The van der Waals surface area contributed by atoms with Crippen LogP contribution >= 0.6 is 34.2 Å². The Balaban J connectivity index is 2.95. The monoisotopic (exact) mass is 366 g/mol. The summed E-state index contributed by atoms with van der Waals surface area (Å²) in [6.07, 6.45) is 0. The zero-order chi connectivity index (χ0) is 13.0. The van der Waals surface area contributed by atoms with E-state index in [2.05, 4.69) is 11.9 Å². The maximum absolute atomic E-state index is 11.7. The number of non-ortho nitro benzene ring substituents is 1. The second-order valence-corrected chi connectivity index (χ2v) is 4.82. The van der Waals surface area contributed by atoms with Crippen LogP contribution in [0.3, 0.4) is 0 Å². The van der Waals surface area contributed by atoms with Gasteiger partial charge in [-0.15, -0.1) is 0 Å². The molecule has 0 atom stereocenters. The number of carbonyl (C=O) groups excluding carboxylic acids is 1. The first-order valence-corrected chi connectivity index (χ1v) is 5.93. The molecular formula is C10H8ClIN2O3. The van der Waals surface area contributed by atoms with Crippen molar-refractivity contribution in [2.45, 2.75) is 0 Å². The molecular weight excluding hydrogens is 358 g/mol. The Hall–Kier alpha value is -1.15. The molecule has 1 aromatic rings. The van der Waals surface area contributed by atoms with Gasteiger partial charge in [0.15, 0.2) is 0 Å². The van der Waals surface area contributed by atoms with Crippen LogP contribution in [0, 0.1) is 13.7 Å². The summed E-state index contributed by atoms with van der Waals surface area (Å²) in [7, 11) is 0. The number of hydrogen-bond acceptors (Lipinski definition) is 3. The maximum atomic E-state index is 11.7. The minimum atomic E-state index is -0.548. The average Bonchev–Trinajstić information content (AvgIpc) is 2.26. The van der Waals surface area contributed by atoms with Crippen molar-refractivity contribution in [1.82, 2.24) is 5.32 Å². The molecule has 90 valence electrons. The largest absolute Gasteiger partial charge is 0.347 e. The quantitative estimate of drug-likeness (QED) is 0.506. The van der Waals surface area contributed by atoms with Crippen LogP contribution in [0.25, 0.3) is 0 Å².